The molecule has 3 heterocycles. The first-order valence-corrected chi connectivity index (χ1v) is 7.53. The molecule has 0 aromatic carbocycles. The molecule has 0 radical (unpaired) electrons. The van der Waals surface area contributed by atoms with E-state index < -0.39 is 0 Å². The van der Waals surface area contributed by atoms with Crippen molar-refractivity contribution in [1.29, 1.82) is 0 Å². The third-order valence-electron chi connectivity index (χ3n) is 4.21. The molecule has 0 bridgehead atoms. The van der Waals surface area contributed by atoms with E-state index >= 15 is 0 Å². The summed E-state index contributed by atoms with van der Waals surface area (Å²) in [6.45, 7) is 4.71. The molecule has 0 saturated carbocycles. The molecule has 1 spiro atoms. The van der Waals surface area contributed by atoms with Gasteiger partial charge in [-0.25, -0.2) is 9.97 Å². The summed E-state index contributed by atoms with van der Waals surface area (Å²) in [5, 5.41) is 0. The molecule has 1 amide bonds. The lowest BCUT2D eigenvalue weighted by molar-refractivity contribution is -0.0463. The molecule has 21 heavy (non-hydrogen) atoms. The van der Waals surface area contributed by atoms with Crippen LogP contribution in [0.25, 0.3) is 0 Å². The van der Waals surface area contributed by atoms with Gasteiger partial charge in [0.2, 0.25) is 0 Å². The average Bonchev–Trinajstić information content (AvgIpc) is 2.90. The Morgan fingerprint density at radius 2 is 2.52 bits per heavy atom. The summed E-state index contributed by atoms with van der Waals surface area (Å²) in [5.41, 5.74) is 0.210. The summed E-state index contributed by atoms with van der Waals surface area (Å²) < 4.78 is 11.7. The van der Waals surface area contributed by atoms with Gasteiger partial charge in [0.1, 0.15) is 12.0 Å². The molecule has 2 aliphatic rings. The van der Waals surface area contributed by atoms with Crippen LogP contribution >= 0.6 is 0 Å². The van der Waals surface area contributed by atoms with E-state index in [4.69, 9.17) is 9.47 Å². The monoisotopic (exact) mass is 291 g/mol. The topological polar surface area (TPSA) is 64.6 Å². The van der Waals surface area contributed by atoms with Crippen molar-refractivity contribution in [3.05, 3.63) is 24.3 Å². The van der Waals surface area contributed by atoms with Gasteiger partial charge in [0.05, 0.1) is 24.9 Å². The largest absolute Gasteiger partial charge is 0.376 e. The van der Waals surface area contributed by atoms with Gasteiger partial charge in [0.15, 0.2) is 0 Å². The number of aromatic nitrogens is 2. The van der Waals surface area contributed by atoms with Crippen LogP contribution in [0.5, 0.6) is 0 Å². The summed E-state index contributed by atoms with van der Waals surface area (Å²) in [6.07, 6.45) is 5.97. The fourth-order valence-electron chi connectivity index (χ4n) is 3.28. The van der Waals surface area contributed by atoms with E-state index in [-0.39, 0.29) is 17.6 Å². The lowest BCUT2D eigenvalue weighted by Crippen LogP contribution is -2.50. The van der Waals surface area contributed by atoms with Crippen LogP contribution in [0.2, 0.25) is 0 Å². The first-order chi connectivity index (χ1) is 10.2. The molecule has 2 aliphatic heterocycles. The quantitative estimate of drug-likeness (QED) is 0.839. The highest BCUT2D eigenvalue weighted by Gasteiger charge is 2.45. The minimum absolute atomic E-state index is 0.0417. The first-order valence-electron chi connectivity index (χ1n) is 7.53. The van der Waals surface area contributed by atoms with E-state index in [2.05, 4.69) is 9.97 Å². The van der Waals surface area contributed by atoms with Crippen molar-refractivity contribution < 1.29 is 14.3 Å². The lowest BCUT2D eigenvalue weighted by atomic mass is 9.89. The van der Waals surface area contributed by atoms with Gasteiger partial charge in [-0.15, -0.1) is 0 Å². The molecule has 2 fully saturated rings. The van der Waals surface area contributed by atoms with Gasteiger partial charge in [-0.1, -0.05) is 0 Å². The van der Waals surface area contributed by atoms with E-state index in [1.165, 1.54) is 6.33 Å². The highest BCUT2D eigenvalue weighted by atomic mass is 16.6. The van der Waals surface area contributed by atoms with Crippen LogP contribution in [0.3, 0.4) is 0 Å². The van der Waals surface area contributed by atoms with Gasteiger partial charge in [-0.2, -0.15) is 0 Å². The Kier molecular flexibility index (Phi) is 4.17. The molecule has 0 aliphatic carbocycles. The van der Waals surface area contributed by atoms with Crippen molar-refractivity contribution in [2.24, 2.45) is 0 Å². The minimum atomic E-state index is -0.235. The molecule has 0 unspecified atom stereocenters. The smallest absolute Gasteiger partial charge is 0.272 e. The van der Waals surface area contributed by atoms with Crippen LogP contribution in [0, 0.1) is 0 Å². The average molecular weight is 291 g/mol. The van der Waals surface area contributed by atoms with Crippen LogP contribution in [-0.2, 0) is 9.47 Å². The number of ether oxygens (including phenoxy) is 2. The molecule has 1 aromatic heterocycles. The van der Waals surface area contributed by atoms with E-state index in [9.17, 15) is 4.79 Å². The van der Waals surface area contributed by atoms with Crippen LogP contribution in [-0.4, -0.2) is 58.8 Å². The maximum absolute atomic E-state index is 12.5. The Morgan fingerprint density at radius 3 is 3.29 bits per heavy atom. The Labute approximate surface area is 124 Å². The SMILES string of the molecule is CCO[C@H]1CO[C@]2(CCCN(C(=O)c3ccncn3)C2)C1. The second-order valence-electron chi connectivity index (χ2n) is 5.70. The number of amides is 1. The summed E-state index contributed by atoms with van der Waals surface area (Å²) in [7, 11) is 0. The Bertz CT molecular complexity index is 496. The number of carbonyl (C=O) groups excluding carboxylic acids is 1. The van der Waals surface area contributed by atoms with Crippen molar-refractivity contribution >= 4 is 5.91 Å². The Morgan fingerprint density at radius 1 is 1.62 bits per heavy atom. The first kappa shape index (κ1) is 14.4. The lowest BCUT2D eigenvalue weighted by Gasteiger charge is -2.39. The van der Waals surface area contributed by atoms with Crippen LogP contribution < -0.4 is 0 Å². The van der Waals surface area contributed by atoms with Crippen molar-refractivity contribution in [3.8, 4) is 0 Å². The standard InChI is InChI=1S/C15H21N3O3/c1-2-20-12-8-15(21-9-12)5-3-7-18(10-15)14(19)13-4-6-16-11-17-13/h4,6,11-12H,2-3,5,7-10H2,1H3/t12-,15-/m1/s1. The van der Waals surface area contributed by atoms with Gasteiger partial charge in [0, 0.05) is 25.8 Å². The number of carbonyl (C=O) groups is 1. The molecule has 2 atom stereocenters. The molecule has 114 valence electrons. The van der Waals surface area contributed by atoms with Crippen molar-refractivity contribution in [1.82, 2.24) is 14.9 Å². The number of hydrogen-bond donors (Lipinski definition) is 0. The number of likely N-dealkylation sites (tertiary alicyclic amines) is 1. The fraction of sp³-hybridized carbons (Fsp3) is 0.667. The van der Waals surface area contributed by atoms with Crippen LogP contribution in [0.1, 0.15) is 36.7 Å². The van der Waals surface area contributed by atoms with Gasteiger partial charge in [0.25, 0.3) is 5.91 Å². The Hall–Kier alpha value is -1.53. The van der Waals surface area contributed by atoms with Crippen LogP contribution in [0.4, 0.5) is 0 Å². The minimum Gasteiger partial charge on any atom is -0.376 e. The molecular formula is C15H21N3O3. The third kappa shape index (κ3) is 3.06. The molecule has 6 nitrogen and oxygen atoms in total. The molecule has 3 rings (SSSR count). The maximum atomic E-state index is 12.5. The number of nitrogens with zero attached hydrogens (tertiary/aromatic N) is 3. The normalized spacial score (nSPS) is 29.0. The van der Waals surface area contributed by atoms with Gasteiger partial charge >= 0.3 is 0 Å². The van der Waals surface area contributed by atoms with Gasteiger partial charge in [-0.3, -0.25) is 4.79 Å². The highest BCUT2D eigenvalue weighted by Crippen LogP contribution is 2.36. The number of piperidine rings is 1. The number of rotatable bonds is 3. The van der Waals surface area contributed by atoms with Gasteiger partial charge in [-0.05, 0) is 25.8 Å². The number of hydrogen-bond acceptors (Lipinski definition) is 5. The zero-order valence-corrected chi connectivity index (χ0v) is 12.3. The second kappa shape index (κ2) is 6.07. The fourth-order valence-corrected chi connectivity index (χ4v) is 3.28. The van der Waals surface area contributed by atoms with E-state index in [1.807, 2.05) is 11.8 Å². The van der Waals surface area contributed by atoms with E-state index in [0.717, 1.165) is 25.8 Å². The van der Waals surface area contributed by atoms with Crippen molar-refractivity contribution in [3.63, 3.8) is 0 Å². The van der Waals surface area contributed by atoms with Gasteiger partial charge < -0.3 is 14.4 Å². The highest BCUT2D eigenvalue weighted by molar-refractivity contribution is 5.92. The predicted molar refractivity (Wildman–Crippen MR) is 75.9 cm³/mol. The second-order valence-corrected chi connectivity index (χ2v) is 5.70. The Balaban J connectivity index is 1.68. The third-order valence-corrected chi connectivity index (χ3v) is 4.21. The zero-order chi connectivity index (χ0) is 14.7. The summed E-state index contributed by atoms with van der Waals surface area (Å²) in [5.74, 6) is -0.0417. The molecular weight excluding hydrogens is 270 g/mol. The molecule has 6 heteroatoms. The predicted octanol–water partition coefficient (Wildman–Crippen LogP) is 1.28. The zero-order valence-electron chi connectivity index (χ0n) is 12.3. The van der Waals surface area contributed by atoms with Crippen LogP contribution in [0.15, 0.2) is 18.6 Å². The van der Waals surface area contributed by atoms with Crippen molar-refractivity contribution in [2.45, 2.75) is 37.9 Å². The summed E-state index contributed by atoms with van der Waals surface area (Å²) in [6, 6.07) is 1.65. The maximum Gasteiger partial charge on any atom is 0.272 e. The molecule has 0 N–H and O–H groups in total. The molecule has 1 aromatic rings. The van der Waals surface area contributed by atoms with Crippen molar-refractivity contribution in [2.75, 3.05) is 26.3 Å². The van der Waals surface area contributed by atoms with E-state index in [1.54, 1.807) is 12.3 Å². The summed E-state index contributed by atoms with van der Waals surface area (Å²) >= 11 is 0. The molecule has 2 saturated heterocycles. The summed E-state index contributed by atoms with van der Waals surface area (Å²) in [4.78, 5) is 22.2. The van der Waals surface area contributed by atoms with E-state index in [0.29, 0.717) is 25.5 Å².